The van der Waals surface area contributed by atoms with E-state index < -0.39 is 0 Å². The van der Waals surface area contributed by atoms with Crippen LogP contribution < -0.4 is 10.1 Å². The molecular formula is C10H15Cl2NO. The van der Waals surface area contributed by atoms with Crippen LogP contribution in [0.2, 0.25) is 5.02 Å². The van der Waals surface area contributed by atoms with E-state index >= 15 is 0 Å². The first-order valence-electron chi connectivity index (χ1n) is 4.42. The van der Waals surface area contributed by atoms with Gasteiger partial charge in [-0.15, -0.1) is 12.4 Å². The minimum atomic E-state index is 0. The molecule has 0 heterocycles. The molecule has 0 spiro atoms. The fourth-order valence-corrected chi connectivity index (χ4v) is 1.15. The van der Waals surface area contributed by atoms with Gasteiger partial charge in [0.05, 0.1) is 0 Å². The summed E-state index contributed by atoms with van der Waals surface area (Å²) in [5.41, 5.74) is 0. The third kappa shape index (κ3) is 5.32. The second-order valence-electron chi connectivity index (χ2n) is 2.66. The van der Waals surface area contributed by atoms with Crippen LogP contribution in [-0.4, -0.2) is 19.7 Å². The van der Waals surface area contributed by atoms with Crippen molar-refractivity contribution in [3.63, 3.8) is 0 Å². The van der Waals surface area contributed by atoms with Gasteiger partial charge in [0.1, 0.15) is 12.4 Å². The molecule has 1 aromatic carbocycles. The van der Waals surface area contributed by atoms with E-state index in [4.69, 9.17) is 16.3 Å². The number of halogens is 2. The molecule has 0 saturated carbocycles. The highest BCUT2D eigenvalue weighted by Gasteiger charge is 1.93. The lowest BCUT2D eigenvalue weighted by Gasteiger charge is -2.06. The van der Waals surface area contributed by atoms with Crippen LogP contribution in [0.5, 0.6) is 5.75 Å². The van der Waals surface area contributed by atoms with Gasteiger partial charge in [0.2, 0.25) is 0 Å². The highest BCUT2D eigenvalue weighted by atomic mass is 35.5. The molecule has 1 rings (SSSR count). The Labute approximate surface area is 96.0 Å². The van der Waals surface area contributed by atoms with Gasteiger partial charge in [-0.25, -0.2) is 0 Å². The van der Waals surface area contributed by atoms with Crippen LogP contribution in [0, 0.1) is 0 Å². The summed E-state index contributed by atoms with van der Waals surface area (Å²) in [4.78, 5) is 0. The van der Waals surface area contributed by atoms with Crippen molar-refractivity contribution in [2.24, 2.45) is 0 Å². The first kappa shape index (κ1) is 13.6. The highest BCUT2D eigenvalue weighted by Crippen LogP contribution is 2.16. The van der Waals surface area contributed by atoms with Gasteiger partial charge in [-0.05, 0) is 24.7 Å². The van der Waals surface area contributed by atoms with Crippen molar-refractivity contribution in [3.05, 3.63) is 29.3 Å². The fraction of sp³-hybridized carbons (Fsp3) is 0.400. The molecule has 0 unspecified atom stereocenters. The van der Waals surface area contributed by atoms with Crippen molar-refractivity contribution < 1.29 is 4.74 Å². The third-order valence-corrected chi connectivity index (χ3v) is 1.83. The lowest BCUT2D eigenvalue weighted by Crippen LogP contribution is -2.20. The first-order valence-corrected chi connectivity index (χ1v) is 4.80. The molecule has 0 fully saturated rings. The first-order chi connectivity index (χ1) is 6.33. The zero-order valence-electron chi connectivity index (χ0n) is 8.13. The molecule has 0 aromatic heterocycles. The maximum Gasteiger partial charge on any atom is 0.120 e. The molecule has 4 heteroatoms. The van der Waals surface area contributed by atoms with E-state index in [0.29, 0.717) is 11.6 Å². The molecule has 0 aliphatic rings. The summed E-state index contributed by atoms with van der Waals surface area (Å²) in [6.07, 6.45) is 0. The molecular weight excluding hydrogens is 221 g/mol. The minimum Gasteiger partial charge on any atom is -0.492 e. The summed E-state index contributed by atoms with van der Waals surface area (Å²) in [6.45, 7) is 4.58. The Kier molecular flexibility index (Phi) is 7.67. The van der Waals surface area contributed by atoms with E-state index in [-0.39, 0.29) is 12.4 Å². The van der Waals surface area contributed by atoms with Gasteiger partial charge in [0, 0.05) is 11.6 Å². The lowest BCUT2D eigenvalue weighted by atomic mass is 10.3. The second-order valence-corrected chi connectivity index (χ2v) is 3.10. The van der Waals surface area contributed by atoms with Gasteiger partial charge in [-0.2, -0.15) is 0 Å². The fourth-order valence-electron chi connectivity index (χ4n) is 0.975. The zero-order valence-corrected chi connectivity index (χ0v) is 9.70. The zero-order chi connectivity index (χ0) is 9.52. The van der Waals surface area contributed by atoms with Crippen LogP contribution >= 0.6 is 24.0 Å². The molecule has 1 N–H and O–H groups in total. The van der Waals surface area contributed by atoms with Gasteiger partial charge in [0.25, 0.3) is 0 Å². The second kappa shape index (κ2) is 7.92. The van der Waals surface area contributed by atoms with Crippen molar-refractivity contribution in [3.8, 4) is 5.75 Å². The van der Waals surface area contributed by atoms with Crippen LogP contribution in [0.1, 0.15) is 6.92 Å². The number of hydrogen-bond acceptors (Lipinski definition) is 2. The SMILES string of the molecule is CCNCCOc1cccc(Cl)c1.Cl. The predicted octanol–water partition coefficient (Wildman–Crippen LogP) is 2.75. The van der Waals surface area contributed by atoms with E-state index in [2.05, 4.69) is 12.2 Å². The average molecular weight is 236 g/mol. The summed E-state index contributed by atoms with van der Waals surface area (Å²) in [7, 11) is 0. The van der Waals surface area contributed by atoms with Crippen molar-refractivity contribution in [2.75, 3.05) is 19.7 Å². The lowest BCUT2D eigenvalue weighted by molar-refractivity contribution is 0.315. The summed E-state index contributed by atoms with van der Waals surface area (Å²) in [5.74, 6) is 0.824. The average Bonchev–Trinajstić information content (AvgIpc) is 2.13. The Balaban J connectivity index is 0.00000169. The summed E-state index contributed by atoms with van der Waals surface area (Å²) in [6, 6.07) is 7.43. The van der Waals surface area contributed by atoms with Crippen LogP contribution in [0.15, 0.2) is 24.3 Å². The van der Waals surface area contributed by atoms with Gasteiger partial charge >= 0.3 is 0 Å². The molecule has 0 aliphatic heterocycles. The molecule has 14 heavy (non-hydrogen) atoms. The van der Waals surface area contributed by atoms with E-state index in [1.54, 1.807) is 0 Å². The maximum atomic E-state index is 5.79. The molecule has 0 radical (unpaired) electrons. The quantitative estimate of drug-likeness (QED) is 0.793. The summed E-state index contributed by atoms with van der Waals surface area (Å²) >= 11 is 5.79. The minimum absolute atomic E-state index is 0. The van der Waals surface area contributed by atoms with E-state index in [9.17, 15) is 0 Å². The standard InChI is InChI=1S/C10H14ClNO.ClH/c1-2-12-6-7-13-10-5-3-4-9(11)8-10;/h3-5,8,12H,2,6-7H2,1H3;1H. The normalized spacial score (nSPS) is 9.29. The molecule has 2 nitrogen and oxygen atoms in total. The predicted molar refractivity (Wildman–Crippen MR) is 62.7 cm³/mol. The van der Waals surface area contributed by atoms with Gasteiger partial charge in [-0.3, -0.25) is 0 Å². The van der Waals surface area contributed by atoms with Gasteiger partial charge < -0.3 is 10.1 Å². The van der Waals surface area contributed by atoms with Crippen molar-refractivity contribution in [1.29, 1.82) is 0 Å². The Hall–Kier alpha value is -0.440. The number of hydrogen-bond donors (Lipinski definition) is 1. The molecule has 0 amide bonds. The maximum absolute atomic E-state index is 5.79. The molecule has 1 aromatic rings. The number of benzene rings is 1. The largest absolute Gasteiger partial charge is 0.492 e. The molecule has 0 bridgehead atoms. The highest BCUT2D eigenvalue weighted by molar-refractivity contribution is 6.30. The molecule has 80 valence electrons. The van der Waals surface area contributed by atoms with Crippen molar-refractivity contribution in [2.45, 2.75) is 6.92 Å². The van der Waals surface area contributed by atoms with E-state index in [1.807, 2.05) is 24.3 Å². The summed E-state index contributed by atoms with van der Waals surface area (Å²) < 4.78 is 5.44. The molecule has 0 aliphatic carbocycles. The number of rotatable bonds is 5. The van der Waals surface area contributed by atoms with Crippen molar-refractivity contribution in [1.82, 2.24) is 5.32 Å². The van der Waals surface area contributed by atoms with Gasteiger partial charge in [-0.1, -0.05) is 24.6 Å². The number of ether oxygens (including phenoxy) is 1. The Morgan fingerprint density at radius 3 is 2.86 bits per heavy atom. The monoisotopic (exact) mass is 235 g/mol. The van der Waals surface area contributed by atoms with E-state index in [1.165, 1.54) is 0 Å². The van der Waals surface area contributed by atoms with Gasteiger partial charge in [0.15, 0.2) is 0 Å². The molecule has 0 saturated heterocycles. The van der Waals surface area contributed by atoms with Crippen LogP contribution in [0.25, 0.3) is 0 Å². The van der Waals surface area contributed by atoms with Crippen LogP contribution in [-0.2, 0) is 0 Å². The smallest absolute Gasteiger partial charge is 0.120 e. The van der Waals surface area contributed by atoms with Crippen molar-refractivity contribution >= 4 is 24.0 Å². The third-order valence-electron chi connectivity index (χ3n) is 1.59. The Morgan fingerprint density at radius 2 is 2.21 bits per heavy atom. The topological polar surface area (TPSA) is 21.3 Å². The molecule has 0 atom stereocenters. The van der Waals surface area contributed by atoms with Crippen LogP contribution in [0.4, 0.5) is 0 Å². The van der Waals surface area contributed by atoms with Crippen LogP contribution in [0.3, 0.4) is 0 Å². The van der Waals surface area contributed by atoms with E-state index in [0.717, 1.165) is 18.8 Å². The number of nitrogens with one attached hydrogen (secondary N) is 1. The Bertz CT molecular complexity index is 256. The summed E-state index contributed by atoms with van der Waals surface area (Å²) in [5, 5.41) is 3.88. The Morgan fingerprint density at radius 1 is 1.43 bits per heavy atom. The number of likely N-dealkylation sites (N-methyl/N-ethyl adjacent to an activating group) is 1.